The molecule has 0 radical (unpaired) electrons. The second-order valence-corrected chi connectivity index (χ2v) is 5.23. The van der Waals surface area contributed by atoms with Gasteiger partial charge in [0.15, 0.2) is 0 Å². The first kappa shape index (κ1) is 12.5. The van der Waals surface area contributed by atoms with Gasteiger partial charge in [0, 0.05) is 19.0 Å². The molecule has 0 atom stereocenters. The van der Waals surface area contributed by atoms with Gasteiger partial charge in [0.05, 0.1) is 0 Å². The van der Waals surface area contributed by atoms with Crippen LogP contribution < -0.4 is 0 Å². The van der Waals surface area contributed by atoms with Crippen LogP contribution in [0.2, 0.25) is 0 Å². The van der Waals surface area contributed by atoms with E-state index in [1.165, 1.54) is 25.7 Å². The third-order valence-electron chi connectivity index (χ3n) is 3.97. The van der Waals surface area contributed by atoms with Crippen molar-refractivity contribution < 1.29 is 4.79 Å². The molecule has 0 aromatic rings. The van der Waals surface area contributed by atoms with Crippen molar-refractivity contribution in [1.29, 1.82) is 0 Å². The zero-order valence-corrected chi connectivity index (χ0v) is 10.7. The summed E-state index contributed by atoms with van der Waals surface area (Å²) in [4.78, 5) is 14.0. The highest BCUT2D eigenvalue weighted by atomic mass is 16.2. The van der Waals surface area contributed by atoms with E-state index in [0.29, 0.717) is 11.3 Å². The molecule has 1 aliphatic rings. The highest BCUT2D eigenvalue weighted by Crippen LogP contribution is 2.36. The summed E-state index contributed by atoms with van der Waals surface area (Å²) in [6.07, 6.45) is 4.87. The van der Waals surface area contributed by atoms with Gasteiger partial charge in [-0.2, -0.15) is 0 Å². The Kier molecular flexibility index (Phi) is 4.18. The first-order valence-corrected chi connectivity index (χ1v) is 6.33. The molecule has 0 spiro atoms. The average Bonchev–Trinajstić information content (AvgIpc) is 2.28. The lowest BCUT2D eigenvalue weighted by Gasteiger charge is -2.42. The van der Waals surface area contributed by atoms with Gasteiger partial charge in [0.1, 0.15) is 0 Å². The Labute approximate surface area is 94.0 Å². The number of nitrogens with zero attached hydrogens (tertiary/aromatic N) is 1. The smallest absolute Gasteiger partial charge is 0.225 e. The molecule has 1 aliphatic heterocycles. The van der Waals surface area contributed by atoms with Crippen LogP contribution in [0.5, 0.6) is 0 Å². The first-order valence-electron chi connectivity index (χ1n) is 6.33. The molecule has 2 heteroatoms. The molecule has 88 valence electrons. The van der Waals surface area contributed by atoms with Crippen molar-refractivity contribution in [3.8, 4) is 0 Å². The van der Waals surface area contributed by atoms with Crippen LogP contribution in [0.4, 0.5) is 0 Å². The van der Waals surface area contributed by atoms with Crippen LogP contribution in [0.3, 0.4) is 0 Å². The summed E-state index contributed by atoms with van der Waals surface area (Å²) in [5, 5.41) is 0. The third kappa shape index (κ3) is 2.73. The van der Waals surface area contributed by atoms with Crippen molar-refractivity contribution in [2.75, 3.05) is 13.1 Å². The highest BCUT2D eigenvalue weighted by molar-refractivity contribution is 5.78. The minimum Gasteiger partial charge on any atom is -0.342 e. The van der Waals surface area contributed by atoms with E-state index < -0.39 is 0 Å². The molecule has 1 fully saturated rings. The maximum atomic E-state index is 11.9. The second kappa shape index (κ2) is 5.00. The lowest BCUT2D eigenvalue weighted by Crippen LogP contribution is -2.47. The largest absolute Gasteiger partial charge is 0.342 e. The van der Waals surface area contributed by atoms with Gasteiger partial charge in [0.2, 0.25) is 5.91 Å². The van der Waals surface area contributed by atoms with Crippen LogP contribution in [-0.4, -0.2) is 23.9 Å². The van der Waals surface area contributed by atoms with E-state index in [-0.39, 0.29) is 5.92 Å². The number of amides is 1. The standard InChI is InChI=1S/C13H25NO/c1-5-13(6-2)8-7-9-14(10-13)12(15)11(3)4/h11H,5-10H2,1-4H3. The summed E-state index contributed by atoms with van der Waals surface area (Å²) in [5.74, 6) is 0.482. The van der Waals surface area contributed by atoms with Gasteiger partial charge >= 0.3 is 0 Å². The number of carbonyl (C=O) groups is 1. The number of piperidine rings is 1. The SMILES string of the molecule is CCC1(CC)CCCN(C(=O)C(C)C)C1. The van der Waals surface area contributed by atoms with Crippen LogP contribution in [0.1, 0.15) is 53.4 Å². The van der Waals surface area contributed by atoms with E-state index in [2.05, 4.69) is 18.7 Å². The van der Waals surface area contributed by atoms with E-state index in [9.17, 15) is 4.79 Å². The number of hydrogen-bond donors (Lipinski definition) is 0. The molecular formula is C13H25NO. The van der Waals surface area contributed by atoms with E-state index >= 15 is 0 Å². The van der Waals surface area contributed by atoms with Crippen LogP contribution in [0.15, 0.2) is 0 Å². The summed E-state index contributed by atoms with van der Waals surface area (Å²) >= 11 is 0. The lowest BCUT2D eigenvalue weighted by molar-refractivity contribution is -0.138. The van der Waals surface area contributed by atoms with Crippen molar-refractivity contribution >= 4 is 5.91 Å². The molecule has 1 saturated heterocycles. The van der Waals surface area contributed by atoms with Gasteiger partial charge < -0.3 is 4.90 Å². The van der Waals surface area contributed by atoms with Crippen molar-refractivity contribution in [2.24, 2.45) is 11.3 Å². The van der Waals surface area contributed by atoms with Gasteiger partial charge in [0.25, 0.3) is 0 Å². The average molecular weight is 211 g/mol. The Morgan fingerprint density at radius 2 is 1.93 bits per heavy atom. The molecule has 1 amide bonds. The summed E-state index contributed by atoms with van der Waals surface area (Å²) in [5.41, 5.74) is 0.406. The zero-order valence-electron chi connectivity index (χ0n) is 10.7. The monoisotopic (exact) mass is 211 g/mol. The molecular weight excluding hydrogens is 186 g/mol. The number of likely N-dealkylation sites (tertiary alicyclic amines) is 1. The van der Waals surface area contributed by atoms with Crippen LogP contribution >= 0.6 is 0 Å². The molecule has 0 bridgehead atoms. The third-order valence-corrected chi connectivity index (χ3v) is 3.97. The van der Waals surface area contributed by atoms with Crippen molar-refractivity contribution in [1.82, 2.24) is 4.90 Å². The quantitative estimate of drug-likeness (QED) is 0.702. The fourth-order valence-corrected chi connectivity index (χ4v) is 2.59. The predicted molar refractivity (Wildman–Crippen MR) is 63.7 cm³/mol. The van der Waals surface area contributed by atoms with Crippen molar-refractivity contribution in [3.05, 3.63) is 0 Å². The summed E-state index contributed by atoms with van der Waals surface area (Å²) < 4.78 is 0. The topological polar surface area (TPSA) is 20.3 Å². The maximum absolute atomic E-state index is 11.9. The molecule has 0 aromatic heterocycles. The van der Waals surface area contributed by atoms with Crippen molar-refractivity contribution in [3.63, 3.8) is 0 Å². The van der Waals surface area contributed by atoms with Crippen molar-refractivity contribution in [2.45, 2.75) is 53.4 Å². The predicted octanol–water partition coefficient (Wildman–Crippen LogP) is 3.07. The summed E-state index contributed by atoms with van der Waals surface area (Å²) in [6, 6.07) is 0. The van der Waals surface area contributed by atoms with Gasteiger partial charge in [-0.25, -0.2) is 0 Å². The Morgan fingerprint density at radius 1 is 1.33 bits per heavy atom. The van der Waals surface area contributed by atoms with Crippen LogP contribution in [0.25, 0.3) is 0 Å². The molecule has 2 nitrogen and oxygen atoms in total. The molecule has 0 aliphatic carbocycles. The normalized spacial score (nSPS) is 20.7. The molecule has 1 heterocycles. The van der Waals surface area contributed by atoms with Crippen LogP contribution in [-0.2, 0) is 4.79 Å². The molecule has 15 heavy (non-hydrogen) atoms. The molecule has 0 unspecified atom stereocenters. The summed E-state index contributed by atoms with van der Waals surface area (Å²) in [7, 11) is 0. The molecule has 0 aromatic carbocycles. The maximum Gasteiger partial charge on any atom is 0.225 e. The van der Waals surface area contributed by atoms with E-state index in [1.54, 1.807) is 0 Å². The second-order valence-electron chi connectivity index (χ2n) is 5.23. The Bertz CT molecular complexity index is 219. The van der Waals surface area contributed by atoms with E-state index in [1.807, 2.05) is 13.8 Å². The Balaban J connectivity index is 2.67. The number of carbonyl (C=O) groups excluding carboxylic acids is 1. The first-order chi connectivity index (χ1) is 7.04. The molecule has 0 N–H and O–H groups in total. The zero-order chi connectivity index (χ0) is 11.5. The van der Waals surface area contributed by atoms with E-state index in [4.69, 9.17) is 0 Å². The Morgan fingerprint density at radius 3 is 2.40 bits per heavy atom. The number of hydrogen-bond acceptors (Lipinski definition) is 1. The highest BCUT2D eigenvalue weighted by Gasteiger charge is 2.34. The molecule has 0 saturated carbocycles. The number of rotatable bonds is 3. The van der Waals surface area contributed by atoms with E-state index in [0.717, 1.165) is 13.1 Å². The van der Waals surface area contributed by atoms with Gasteiger partial charge in [-0.1, -0.05) is 27.7 Å². The van der Waals surface area contributed by atoms with Gasteiger partial charge in [-0.15, -0.1) is 0 Å². The summed E-state index contributed by atoms with van der Waals surface area (Å²) in [6.45, 7) is 10.5. The van der Waals surface area contributed by atoms with Crippen LogP contribution in [0, 0.1) is 11.3 Å². The fourth-order valence-electron chi connectivity index (χ4n) is 2.59. The molecule has 1 rings (SSSR count). The fraction of sp³-hybridized carbons (Fsp3) is 0.923. The Hall–Kier alpha value is -0.530. The lowest BCUT2D eigenvalue weighted by atomic mass is 9.75. The minimum absolute atomic E-state index is 0.148. The van der Waals surface area contributed by atoms with Gasteiger partial charge in [-0.3, -0.25) is 4.79 Å². The minimum atomic E-state index is 0.148. The van der Waals surface area contributed by atoms with Gasteiger partial charge in [-0.05, 0) is 31.1 Å².